The molecule has 0 rings (SSSR count). The minimum Gasteiger partial charge on any atom is -0.352 e. The lowest BCUT2D eigenvalue weighted by atomic mass is 10.3. The van der Waals surface area contributed by atoms with Crippen molar-refractivity contribution in [3.8, 4) is 0 Å². The van der Waals surface area contributed by atoms with Crippen molar-refractivity contribution in [2.45, 2.75) is 81.9 Å². The summed E-state index contributed by atoms with van der Waals surface area (Å²) in [6, 6.07) is -0.491. The molecule has 0 bridgehead atoms. The predicted molar refractivity (Wildman–Crippen MR) is 157 cm³/mol. The third-order valence-electron chi connectivity index (χ3n) is 3.29. The summed E-state index contributed by atoms with van der Waals surface area (Å²) in [5.41, 5.74) is 9.30. The van der Waals surface area contributed by atoms with Gasteiger partial charge in [-0.2, -0.15) is 35.3 Å². The molecule has 33 heavy (non-hydrogen) atoms. The second kappa shape index (κ2) is 35.8. The molecule has 0 aromatic rings. The molecule has 9 nitrogen and oxygen atoms in total. The topological polar surface area (TPSA) is 165 Å². The number of amides is 4. The van der Waals surface area contributed by atoms with Gasteiger partial charge in [-0.15, -0.1) is 0 Å². The highest BCUT2D eigenvalue weighted by Crippen LogP contribution is 2.23. The first-order valence-corrected chi connectivity index (χ1v) is 12.1. The number of thioether (sulfide) groups is 3. The summed E-state index contributed by atoms with van der Waals surface area (Å²) >= 11 is 5.54. The average molecular weight is 537 g/mol. The van der Waals surface area contributed by atoms with Crippen molar-refractivity contribution in [2.75, 3.05) is 35.3 Å². The molecule has 0 aliphatic carbocycles. The van der Waals surface area contributed by atoms with Crippen molar-refractivity contribution in [3.05, 3.63) is 0 Å². The maximum Gasteiger partial charge on any atom is 0.312 e. The van der Waals surface area contributed by atoms with E-state index in [0.29, 0.717) is 24.6 Å². The Kier molecular flexibility index (Phi) is 53.5. The Morgan fingerprint density at radius 3 is 1.55 bits per heavy atom. The Bertz CT molecular complexity index is 436. The van der Waals surface area contributed by atoms with E-state index in [1.54, 1.807) is 0 Å². The zero-order valence-corrected chi connectivity index (χ0v) is 18.0. The van der Waals surface area contributed by atoms with Crippen LogP contribution in [0.3, 0.4) is 0 Å². The van der Waals surface area contributed by atoms with E-state index in [2.05, 4.69) is 16.2 Å². The molecule has 0 saturated heterocycles. The summed E-state index contributed by atoms with van der Waals surface area (Å²) in [6.07, 6.45) is 3.34. The molecule has 0 aromatic carbocycles. The molecule has 0 saturated carbocycles. The molecule has 1 atom stereocenters. The standard InChI is InChI=1S/C15H32N6O3S3.6CH4/c16-15(24)19-6-3-8-26-11-12(27-9-2-5-14(23)21-18)10-25-7-1-4-13(22)20-17;;;;;;/h12H,1-11,17-18H2,(H,20,22)(H,21,23)(H3,16,19,24);6*1H4. The Morgan fingerprint density at radius 1 is 0.697 bits per heavy atom. The molecule has 9 N–H and O–H groups in total. The van der Waals surface area contributed by atoms with Crippen molar-refractivity contribution in [2.24, 2.45) is 17.4 Å². The quantitative estimate of drug-likeness (QED) is 0.0703. The van der Waals surface area contributed by atoms with Crippen molar-refractivity contribution in [3.63, 3.8) is 0 Å². The van der Waals surface area contributed by atoms with Crippen LogP contribution in [0.25, 0.3) is 0 Å². The van der Waals surface area contributed by atoms with Gasteiger partial charge < -0.3 is 11.1 Å². The second-order valence-corrected chi connectivity index (χ2v) is 9.34. The fourth-order valence-electron chi connectivity index (χ4n) is 1.92. The molecule has 12 heteroatoms. The number of primary amides is 1. The lowest BCUT2D eigenvalue weighted by Crippen LogP contribution is -2.30. The van der Waals surface area contributed by atoms with Crippen LogP contribution in [0.15, 0.2) is 0 Å². The maximum absolute atomic E-state index is 11.2. The molecule has 0 aromatic heterocycles. The van der Waals surface area contributed by atoms with Crippen LogP contribution in [0.5, 0.6) is 0 Å². The van der Waals surface area contributed by atoms with Gasteiger partial charge >= 0.3 is 6.03 Å². The fraction of sp³-hybridized carbons (Fsp3) is 0.857. The Hall–Kier alpha value is -0.820. The summed E-state index contributed by atoms with van der Waals surface area (Å²) in [5.74, 6) is 14.6. The van der Waals surface area contributed by atoms with Crippen molar-refractivity contribution in [1.29, 1.82) is 0 Å². The first kappa shape index (κ1) is 49.3. The zero-order chi connectivity index (χ0) is 20.3. The normalized spacial score (nSPS) is 9.52. The highest BCUT2D eigenvalue weighted by molar-refractivity contribution is 8.05. The first-order valence-electron chi connectivity index (χ1n) is 8.78. The molecular weight excluding hydrogens is 480 g/mol. The molecule has 0 aliphatic rings. The van der Waals surface area contributed by atoms with Gasteiger partial charge in [-0.3, -0.25) is 20.4 Å². The molecule has 0 radical (unpaired) electrons. The van der Waals surface area contributed by atoms with Crippen LogP contribution >= 0.6 is 35.3 Å². The van der Waals surface area contributed by atoms with Gasteiger partial charge in [-0.1, -0.05) is 44.6 Å². The van der Waals surface area contributed by atoms with Crippen molar-refractivity contribution < 1.29 is 14.4 Å². The minimum atomic E-state index is -0.491. The summed E-state index contributed by atoms with van der Waals surface area (Å²) in [6.45, 7) is 0.590. The van der Waals surface area contributed by atoms with Crippen molar-refractivity contribution in [1.82, 2.24) is 16.2 Å². The number of rotatable bonds is 17. The highest BCUT2D eigenvalue weighted by Gasteiger charge is 2.11. The molecule has 0 aliphatic heterocycles. The smallest absolute Gasteiger partial charge is 0.312 e. The summed E-state index contributed by atoms with van der Waals surface area (Å²) in [5, 5.41) is 3.05. The van der Waals surface area contributed by atoms with Gasteiger partial charge in [0.25, 0.3) is 0 Å². The summed E-state index contributed by atoms with van der Waals surface area (Å²) in [4.78, 5) is 32.9. The van der Waals surface area contributed by atoms with E-state index >= 15 is 0 Å². The monoisotopic (exact) mass is 536 g/mol. The van der Waals surface area contributed by atoms with E-state index in [-0.39, 0.29) is 56.4 Å². The molecule has 4 amide bonds. The van der Waals surface area contributed by atoms with Crippen LogP contribution in [0, 0.1) is 0 Å². The molecule has 1 unspecified atom stereocenters. The van der Waals surface area contributed by atoms with E-state index in [9.17, 15) is 14.4 Å². The first-order chi connectivity index (χ1) is 13.0. The van der Waals surface area contributed by atoms with E-state index in [4.69, 9.17) is 17.4 Å². The number of hydrogen-bond acceptors (Lipinski definition) is 8. The van der Waals surface area contributed by atoms with Gasteiger partial charge in [0.1, 0.15) is 0 Å². The van der Waals surface area contributed by atoms with Gasteiger partial charge in [0, 0.05) is 36.1 Å². The van der Waals surface area contributed by atoms with Crippen LogP contribution < -0.4 is 33.6 Å². The van der Waals surface area contributed by atoms with E-state index < -0.39 is 6.03 Å². The van der Waals surface area contributed by atoms with Crippen LogP contribution in [0.4, 0.5) is 4.79 Å². The Morgan fingerprint density at radius 2 is 1.12 bits per heavy atom. The molecule has 0 fully saturated rings. The van der Waals surface area contributed by atoms with E-state index in [0.717, 1.165) is 48.0 Å². The van der Waals surface area contributed by atoms with Crippen LogP contribution in [0.2, 0.25) is 0 Å². The number of urea groups is 1. The Balaban J connectivity index is -0.000000225. The lowest BCUT2D eigenvalue weighted by Gasteiger charge is -2.16. The second-order valence-electron chi connectivity index (χ2n) is 5.63. The number of hydrazine groups is 2. The lowest BCUT2D eigenvalue weighted by molar-refractivity contribution is -0.121. The third kappa shape index (κ3) is 35.9. The summed E-state index contributed by atoms with van der Waals surface area (Å²) < 4.78 is 0. The van der Waals surface area contributed by atoms with Gasteiger partial charge in [0.05, 0.1) is 0 Å². The van der Waals surface area contributed by atoms with Gasteiger partial charge in [-0.05, 0) is 36.5 Å². The molecule has 0 heterocycles. The maximum atomic E-state index is 11.2. The van der Waals surface area contributed by atoms with E-state index in [1.807, 2.05) is 35.3 Å². The van der Waals surface area contributed by atoms with Crippen LogP contribution in [-0.2, 0) is 9.59 Å². The highest BCUT2D eigenvalue weighted by atomic mass is 32.2. The van der Waals surface area contributed by atoms with Gasteiger partial charge in [-0.25, -0.2) is 16.5 Å². The number of nitrogens with one attached hydrogen (secondary N) is 3. The van der Waals surface area contributed by atoms with Gasteiger partial charge in [0.2, 0.25) is 11.8 Å². The molecule has 206 valence electrons. The molecule has 0 spiro atoms. The van der Waals surface area contributed by atoms with Crippen molar-refractivity contribution >= 4 is 53.1 Å². The molecular formula is C21H56N6O3S3. The predicted octanol–water partition coefficient (Wildman–Crippen LogP) is 3.97. The zero-order valence-electron chi connectivity index (χ0n) is 15.5. The third-order valence-corrected chi connectivity index (χ3v) is 7.47. The van der Waals surface area contributed by atoms with Crippen LogP contribution in [0.1, 0.15) is 76.7 Å². The number of carbonyl (C=O) groups excluding carboxylic acids is 3. The number of carbonyl (C=O) groups is 3. The average Bonchev–Trinajstić information content (AvgIpc) is 2.65. The number of hydrogen-bond donors (Lipinski definition) is 6. The van der Waals surface area contributed by atoms with Crippen LogP contribution in [-0.4, -0.2) is 58.4 Å². The van der Waals surface area contributed by atoms with Gasteiger partial charge in [0.15, 0.2) is 0 Å². The summed E-state index contributed by atoms with van der Waals surface area (Å²) in [7, 11) is 0. The Labute approximate surface area is 218 Å². The number of nitrogens with two attached hydrogens (primary N) is 3. The fourth-order valence-corrected chi connectivity index (χ4v) is 5.85. The van der Waals surface area contributed by atoms with E-state index in [1.165, 1.54) is 0 Å². The largest absolute Gasteiger partial charge is 0.352 e. The minimum absolute atomic E-state index is 0. The SMILES string of the molecule is C.C.C.C.C.C.NNC(=O)CCCSCC(CSCCCNC(N)=O)SCCCC(=O)NN.